The first-order chi connectivity index (χ1) is 8.19. The van der Waals surface area contributed by atoms with Crippen LogP contribution < -0.4 is 5.32 Å². The Hall–Kier alpha value is -0.120. The predicted octanol–water partition coefficient (Wildman–Crippen LogP) is 2.12. The third-order valence-corrected chi connectivity index (χ3v) is 3.94. The minimum atomic E-state index is 0.557. The van der Waals surface area contributed by atoms with Gasteiger partial charge >= 0.3 is 0 Å². The van der Waals surface area contributed by atoms with Gasteiger partial charge in [0.25, 0.3) is 0 Å². The monoisotopic (exact) mass is 242 g/mol. The lowest BCUT2D eigenvalue weighted by Gasteiger charge is -2.39. The van der Waals surface area contributed by atoms with Crippen LogP contribution in [0.2, 0.25) is 0 Å². The van der Waals surface area contributed by atoms with Gasteiger partial charge in [0.05, 0.1) is 6.61 Å². The SMILES string of the molecule is CCCNC(C)C1CCCN(C(C)COC)C1. The van der Waals surface area contributed by atoms with Crippen LogP contribution in [0.3, 0.4) is 0 Å². The molecule has 0 aromatic carbocycles. The summed E-state index contributed by atoms with van der Waals surface area (Å²) in [5, 5.41) is 3.64. The Morgan fingerprint density at radius 2 is 2.18 bits per heavy atom. The highest BCUT2D eigenvalue weighted by Gasteiger charge is 2.26. The molecule has 1 saturated heterocycles. The largest absolute Gasteiger partial charge is 0.383 e. The molecule has 1 N–H and O–H groups in total. The number of likely N-dealkylation sites (tertiary alicyclic amines) is 1. The van der Waals surface area contributed by atoms with Crippen LogP contribution in [0.4, 0.5) is 0 Å². The average Bonchev–Trinajstić information content (AvgIpc) is 2.36. The van der Waals surface area contributed by atoms with E-state index in [1.54, 1.807) is 7.11 Å². The Balaban J connectivity index is 2.37. The van der Waals surface area contributed by atoms with E-state index in [4.69, 9.17) is 4.74 Å². The lowest BCUT2D eigenvalue weighted by Crippen LogP contribution is -2.48. The molecule has 3 unspecified atom stereocenters. The highest BCUT2D eigenvalue weighted by atomic mass is 16.5. The van der Waals surface area contributed by atoms with Crippen molar-refractivity contribution in [3.8, 4) is 0 Å². The van der Waals surface area contributed by atoms with Crippen LogP contribution in [0.5, 0.6) is 0 Å². The smallest absolute Gasteiger partial charge is 0.0615 e. The number of rotatable bonds is 7. The lowest BCUT2D eigenvalue weighted by atomic mass is 9.91. The molecular formula is C14H30N2O. The Labute approximate surface area is 107 Å². The zero-order valence-corrected chi connectivity index (χ0v) is 12.0. The maximum absolute atomic E-state index is 5.26. The highest BCUT2D eigenvalue weighted by molar-refractivity contribution is 4.82. The first kappa shape index (κ1) is 14.9. The molecule has 0 aromatic rings. The molecule has 0 spiro atoms. The second-order valence-electron chi connectivity index (χ2n) is 5.44. The van der Waals surface area contributed by atoms with Crippen LogP contribution in [-0.2, 0) is 4.74 Å². The van der Waals surface area contributed by atoms with E-state index in [0.29, 0.717) is 12.1 Å². The maximum Gasteiger partial charge on any atom is 0.0615 e. The lowest BCUT2D eigenvalue weighted by molar-refractivity contribution is 0.0609. The number of nitrogens with one attached hydrogen (secondary N) is 1. The summed E-state index contributed by atoms with van der Waals surface area (Å²) in [7, 11) is 1.79. The first-order valence-corrected chi connectivity index (χ1v) is 7.15. The molecule has 0 radical (unpaired) electrons. The second-order valence-corrected chi connectivity index (χ2v) is 5.44. The van der Waals surface area contributed by atoms with Crippen molar-refractivity contribution in [2.24, 2.45) is 5.92 Å². The second kappa shape index (κ2) is 8.06. The number of ether oxygens (including phenoxy) is 1. The molecule has 102 valence electrons. The molecule has 3 heteroatoms. The predicted molar refractivity (Wildman–Crippen MR) is 73.4 cm³/mol. The molecule has 17 heavy (non-hydrogen) atoms. The number of hydrogen-bond donors (Lipinski definition) is 1. The standard InChI is InChI=1S/C14H30N2O/c1-5-8-15-13(3)14-7-6-9-16(10-14)12(2)11-17-4/h12-15H,5-11H2,1-4H3. The quantitative estimate of drug-likeness (QED) is 0.740. The van der Waals surface area contributed by atoms with Crippen molar-refractivity contribution in [3.05, 3.63) is 0 Å². The van der Waals surface area contributed by atoms with Gasteiger partial charge in [-0.15, -0.1) is 0 Å². The minimum absolute atomic E-state index is 0.557. The van der Waals surface area contributed by atoms with Crippen LogP contribution >= 0.6 is 0 Å². The van der Waals surface area contributed by atoms with Crippen LogP contribution in [-0.4, -0.2) is 50.3 Å². The zero-order chi connectivity index (χ0) is 12.7. The molecule has 0 saturated carbocycles. The van der Waals surface area contributed by atoms with Crippen LogP contribution in [0.25, 0.3) is 0 Å². The molecule has 1 aliphatic heterocycles. The molecular weight excluding hydrogens is 212 g/mol. The van der Waals surface area contributed by atoms with Gasteiger partial charge in [-0.1, -0.05) is 6.92 Å². The van der Waals surface area contributed by atoms with E-state index >= 15 is 0 Å². The van der Waals surface area contributed by atoms with Gasteiger partial charge in [-0.2, -0.15) is 0 Å². The fraction of sp³-hybridized carbons (Fsp3) is 1.00. The Morgan fingerprint density at radius 1 is 1.41 bits per heavy atom. The summed E-state index contributed by atoms with van der Waals surface area (Å²) in [6, 6.07) is 1.20. The van der Waals surface area contributed by atoms with Gasteiger partial charge in [0, 0.05) is 25.7 Å². The van der Waals surface area contributed by atoms with Gasteiger partial charge in [-0.3, -0.25) is 4.90 Å². The summed E-state index contributed by atoms with van der Waals surface area (Å²) in [4.78, 5) is 2.59. The van der Waals surface area contributed by atoms with Crippen molar-refractivity contribution < 1.29 is 4.74 Å². The maximum atomic E-state index is 5.26. The average molecular weight is 242 g/mol. The number of hydrogen-bond acceptors (Lipinski definition) is 3. The zero-order valence-electron chi connectivity index (χ0n) is 12.0. The summed E-state index contributed by atoms with van der Waals surface area (Å²) in [6.07, 6.45) is 3.92. The molecule has 0 amide bonds. The highest BCUT2D eigenvalue weighted by Crippen LogP contribution is 2.21. The topological polar surface area (TPSA) is 24.5 Å². The summed E-state index contributed by atoms with van der Waals surface area (Å²) < 4.78 is 5.26. The van der Waals surface area contributed by atoms with E-state index in [-0.39, 0.29) is 0 Å². The van der Waals surface area contributed by atoms with Crippen molar-refractivity contribution in [1.82, 2.24) is 10.2 Å². The van der Waals surface area contributed by atoms with E-state index in [9.17, 15) is 0 Å². The molecule has 1 aliphatic rings. The van der Waals surface area contributed by atoms with Crippen molar-refractivity contribution in [2.45, 2.75) is 52.1 Å². The normalized spacial score (nSPS) is 25.8. The first-order valence-electron chi connectivity index (χ1n) is 7.15. The molecule has 3 atom stereocenters. The summed E-state index contributed by atoms with van der Waals surface area (Å²) in [5.74, 6) is 0.801. The van der Waals surface area contributed by atoms with Crippen molar-refractivity contribution in [3.63, 3.8) is 0 Å². The Morgan fingerprint density at radius 3 is 2.82 bits per heavy atom. The van der Waals surface area contributed by atoms with Crippen LogP contribution in [0.15, 0.2) is 0 Å². The van der Waals surface area contributed by atoms with E-state index in [0.717, 1.165) is 19.1 Å². The van der Waals surface area contributed by atoms with Gasteiger partial charge in [0.15, 0.2) is 0 Å². The third kappa shape index (κ3) is 4.94. The van der Waals surface area contributed by atoms with Gasteiger partial charge in [-0.05, 0) is 52.1 Å². The Kier molecular flexibility index (Phi) is 7.09. The summed E-state index contributed by atoms with van der Waals surface area (Å²) in [5.41, 5.74) is 0. The van der Waals surface area contributed by atoms with Gasteiger partial charge in [0.1, 0.15) is 0 Å². The van der Waals surface area contributed by atoms with Crippen molar-refractivity contribution in [2.75, 3.05) is 33.4 Å². The van der Waals surface area contributed by atoms with Crippen LogP contribution in [0.1, 0.15) is 40.0 Å². The van der Waals surface area contributed by atoms with Crippen molar-refractivity contribution in [1.29, 1.82) is 0 Å². The molecule has 0 aromatic heterocycles. The fourth-order valence-electron chi connectivity index (χ4n) is 2.73. The van der Waals surface area contributed by atoms with Gasteiger partial charge in [-0.25, -0.2) is 0 Å². The molecule has 3 nitrogen and oxygen atoms in total. The van der Waals surface area contributed by atoms with E-state index in [2.05, 4.69) is 31.0 Å². The van der Waals surface area contributed by atoms with E-state index < -0.39 is 0 Å². The molecule has 0 aliphatic carbocycles. The molecule has 1 fully saturated rings. The van der Waals surface area contributed by atoms with Crippen molar-refractivity contribution >= 4 is 0 Å². The van der Waals surface area contributed by atoms with Gasteiger partial charge < -0.3 is 10.1 Å². The molecule has 0 bridgehead atoms. The number of nitrogens with zero attached hydrogens (tertiary/aromatic N) is 1. The van der Waals surface area contributed by atoms with Crippen LogP contribution in [0, 0.1) is 5.92 Å². The van der Waals surface area contributed by atoms with E-state index in [1.165, 1.54) is 32.4 Å². The fourth-order valence-corrected chi connectivity index (χ4v) is 2.73. The third-order valence-electron chi connectivity index (χ3n) is 3.94. The minimum Gasteiger partial charge on any atom is -0.383 e. The van der Waals surface area contributed by atoms with Gasteiger partial charge in [0.2, 0.25) is 0 Å². The molecule has 1 heterocycles. The molecule has 1 rings (SSSR count). The summed E-state index contributed by atoms with van der Waals surface area (Å²) in [6.45, 7) is 11.3. The summed E-state index contributed by atoms with van der Waals surface area (Å²) >= 11 is 0. The Bertz CT molecular complexity index is 199. The number of piperidine rings is 1. The number of methoxy groups -OCH3 is 1. The van der Waals surface area contributed by atoms with E-state index in [1.807, 2.05) is 0 Å².